The van der Waals surface area contributed by atoms with Crippen LogP contribution in [0.4, 0.5) is 0 Å². The van der Waals surface area contributed by atoms with Gasteiger partial charge in [0.1, 0.15) is 5.75 Å². The van der Waals surface area contributed by atoms with Gasteiger partial charge in [0.2, 0.25) is 5.91 Å². The number of ether oxygens (including phenoxy) is 1. The summed E-state index contributed by atoms with van der Waals surface area (Å²) in [6.45, 7) is 6.00. The Morgan fingerprint density at radius 1 is 1.33 bits per heavy atom. The van der Waals surface area contributed by atoms with Crippen molar-refractivity contribution < 1.29 is 9.53 Å². The highest BCUT2D eigenvalue weighted by molar-refractivity contribution is 5.83. The Morgan fingerprint density at radius 2 is 1.95 bits per heavy atom. The molecule has 1 aliphatic heterocycles. The molecule has 1 aromatic rings. The maximum atomic E-state index is 12.7. The molecule has 1 amide bonds. The van der Waals surface area contributed by atoms with Crippen molar-refractivity contribution in [2.24, 2.45) is 5.41 Å². The van der Waals surface area contributed by atoms with Crippen LogP contribution in [0, 0.1) is 5.41 Å². The lowest BCUT2D eigenvalue weighted by molar-refractivity contribution is -0.133. The number of piperidine rings is 1. The number of benzene rings is 1. The van der Waals surface area contributed by atoms with Gasteiger partial charge in [-0.1, -0.05) is 19.1 Å². The second-order valence-corrected chi connectivity index (χ2v) is 5.85. The smallest absolute Gasteiger partial charge is 0.226 e. The van der Waals surface area contributed by atoms with Gasteiger partial charge < -0.3 is 15.4 Å². The Bertz CT molecular complexity index is 464. The fourth-order valence-electron chi connectivity index (χ4n) is 2.97. The van der Waals surface area contributed by atoms with Crippen molar-refractivity contribution in [2.75, 3.05) is 20.2 Å². The lowest BCUT2D eigenvalue weighted by Gasteiger charge is -2.36. The molecule has 0 saturated carbocycles. The van der Waals surface area contributed by atoms with Gasteiger partial charge in [0.05, 0.1) is 18.6 Å². The van der Waals surface area contributed by atoms with E-state index in [2.05, 4.69) is 17.6 Å². The van der Waals surface area contributed by atoms with Crippen LogP contribution in [0.15, 0.2) is 24.3 Å². The van der Waals surface area contributed by atoms with Crippen LogP contribution in [-0.2, 0) is 4.79 Å². The summed E-state index contributed by atoms with van der Waals surface area (Å²) in [5.74, 6) is 1.02. The van der Waals surface area contributed by atoms with E-state index >= 15 is 0 Å². The Morgan fingerprint density at radius 3 is 2.48 bits per heavy atom. The lowest BCUT2D eigenvalue weighted by atomic mass is 9.75. The van der Waals surface area contributed by atoms with E-state index in [4.69, 9.17) is 4.74 Å². The summed E-state index contributed by atoms with van der Waals surface area (Å²) in [5, 5.41) is 6.52. The quantitative estimate of drug-likeness (QED) is 0.876. The zero-order valence-electron chi connectivity index (χ0n) is 13.2. The monoisotopic (exact) mass is 290 g/mol. The van der Waals surface area contributed by atoms with Gasteiger partial charge >= 0.3 is 0 Å². The number of carbonyl (C=O) groups excluding carboxylic acids is 1. The van der Waals surface area contributed by atoms with Gasteiger partial charge in [0.15, 0.2) is 0 Å². The molecule has 0 aliphatic carbocycles. The highest BCUT2D eigenvalue weighted by Crippen LogP contribution is 2.33. The molecule has 4 heteroatoms. The van der Waals surface area contributed by atoms with Crippen molar-refractivity contribution in [1.82, 2.24) is 10.6 Å². The van der Waals surface area contributed by atoms with Gasteiger partial charge in [0, 0.05) is 0 Å². The third-order valence-electron chi connectivity index (χ3n) is 4.68. The normalized spacial score (nSPS) is 18.8. The highest BCUT2D eigenvalue weighted by Gasteiger charge is 2.38. The molecule has 0 aromatic heterocycles. The Kier molecular flexibility index (Phi) is 5.23. The van der Waals surface area contributed by atoms with E-state index < -0.39 is 0 Å². The van der Waals surface area contributed by atoms with E-state index in [9.17, 15) is 4.79 Å². The van der Waals surface area contributed by atoms with Gasteiger partial charge in [-0.15, -0.1) is 0 Å². The summed E-state index contributed by atoms with van der Waals surface area (Å²) in [6, 6.07) is 7.88. The predicted molar refractivity (Wildman–Crippen MR) is 84.4 cm³/mol. The molecule has 1 aromatic carbocycles. The molecule has 0 unspecified atom stereocenters. The minimum atomic E-state index is -0.202. The largest absolute Gasteiger partial charge is 0.497 e. The van der Waals surface area contributed by atoms with Crippen molar-refractivity contribution in [3.05, 3.63) is 29.8 Å². The molecule has 2 rings (SSSR count). The zero-order valence-corrected chi connectivity index (χ0v) is 13.2. The lowest BCUT2D eigenvalue weighted by Crippen LogP contribution is -2.47. The summed E-state index contributed by atoms with van der Waals surface area (Å²) in [4.78, 5) is 12.7. The summed E-state index contributed by atoms with van der Waals surface area (Å²) < 4.78 is 5.16. The van der Waals surface area contributed by atoms with Crippen LogP contribution in [0.25, 0.3) is 0 Å². The average molecular weight is 290 g/mol. The second kappa shape index (κ2) is 6.94. The van der Waals surface area contributed by atoms with Crippen molar-refractivity contribution in [3.63, 3.8) is 0 Å². The van der Waals surface area contributed by atoms with E-state index in [1.54, 1.807) is 7.11 Å². The fraction of sp³-hybridized carbons (Fsp3) is 0.588. The Balaban J connectivity index is 2.03. The molecular weight excluding hydrogens is 264 g/mol. The van der Waals surface area contributed by atoms with Crippen LogP contribution in [0.2, 0.25) is 0 Å². The highest BCUT2D eigenvalue weighted by atomic mass is 16.5. The average Bonchev–Trinajstić information content (AvgIpc) is 2.55. The molecule has 1 heterocycles. The van der Waals surface area contributed by atoms with Crippen molar-refractivity contribution in [3.8, 4) is 5.75 Å². The van der Waals surface area contributed by atoms with Crippen LogP contribution < -0.4 is 15.4 Å². The first-order valence-corrected chi connectivity index (χ1v) is 7.77. The van der Waals surface area contributed by atoms with Gasteiger partial charge in [-0.2, -0.15) is 0 Å². The van der Waals surface area contributed by atoms with E-state index in [-0.39, 0.29) is 17.4 Å². The van der Waals surface area contributed by atoms with E-state index in [0.717, 1.165) is 43.7 Å². The van der Waals surface area contributed by atoms with Gasteiger partial charge in [0.25, 0.3) is 0 Å². The SMILES string of the molecule is CCC1(C(=O)N[C@@H](C)c2ccc(OC)cc2)CCNCC1. The molecule has 1 saturated heterocycles. The Labute approximate surface area is 127 Å². The molecule has 116 valence electrons. The molecule has 2 N–H and O–H groups in total. The molecular formula is C17H26N2O2. The minimum Gasteiger partial charge on any atom is -0.497 e. The number of nitrogens with one attached hydrogen (secondary N) is 2. The third-order valence-corrected chi connectivity index (χ3v) is 4.68. The molecule has 0 spiro atoms. The number of rotatable bonds is 5. The van der Waals surface area contributed by atoms with Crippen molar-refractivity contribution in [1.29, 1.82) is 0 Å². The molecule has 0 bridgehead atoms. The summed E-state index contributed by atoms with van der Waals surface area (Å²) in [5.41, 5.74) is 0.899. The molecule has 1 atom stereocenters. The summed E-state index contributed by atoms with van der Waals surface area (Å²) in [6.07, 6.45) is 2.74. The van der Waals surface area contributed by atoms with Crippen LogP contribution in [0.3, 0.4) is 0 Å². The number of carbonyl (C=O) groups is 1. The summed E-state index contributed by atoms with van der Waals surface area (Å²) >= 11 is 0. The van der Waals surface area contributed by atoms with Gasteiger partial charge in [-0.05, 0) is 57.0 Å². The maximum Gasteiger partial charge on any atom is 0.226 e. The minimum absolute atomic E-state index is 0.0155. The van der Waals surface area contributed by atoms with Crippen molar-refractivity contribution in [2.45, 2.75) is 39.2 Å². The number of hydrogen-bond acceptors (Lipinski definition) is 3. The van der Waals surface area contributed by atoms with Crippen LogP contribution >= 0.6 is 0 Å². The van der Waals surface area contributed by atoms with E-state index in [1.165, 1.54) is 0 Å². The number of methoxy groups -OCH3 is 1. The van der Waals surface area contributed by atoms with E-state index in [1.807, 2.05) is 31.2 Å². The summed E-state index contributed by atoms with van der Waals surface area (Å²) in [7, 11) is 1.66. The maximum absolute atomic E-state index is 12.7. The van der Waals surface area contributed by atoms with Crippen LogP contribution in [0.1, 0.15) is 44.7 Å². The zero-order chi connectivity index (χ0) is 15.3. The molecule has 0 radical (unpaired) electrons. The van der Waals surface area contributed by atoms with Gasteiger partial charge in [-0.3, -0.25) is 4.79 Å². The fourth-order valence-corrected chi connectivity index (χ4v) is 2.97. The number of amides is 1. The Hall–Kier alpha value is -1.55. The standard InChI is InChI=1S/C17H26N2O2/c1-4-17(9-11-18-12-10-17)16(20)19-13(2)14-5-7-15(21-3)8-6-14/h5-8,13,18H,4,9-12H2,1-3H3,(H,19,20)/t13-/m0/s1. The first kappa shape index (κ1) is 15.8. The second-order valence-electron chi connectivity index (χ2n) is 5.85. The van der Waals surface area contributed by atoms with Gasteiger partial charge in [-0.25, -0.2) is 0 Å². The van der Waals surface area contributed by atoms with Crippen molar-refractivity contribution >= 4 is 5.91 Å². The molecule has 4 nitrogen and oxygen atoms in total. The first-order valence-electron chi connectivity index (χ1n) is 7.77. The predicted octanol–water partition coefficient (Wildman–Crippen LogP) is 2.65. The van der Waals surface area contributed by atoms with E-state index in [0.29, 0.717) is 0 Å². The third kappa shape index (κ3) is 3.56. The first-order chi connectivity index (χ1) is 10.1. The molecule has 1 aliphatic rings. The molecule has 21 heavy (non-hydrogen) atoms. The topological polar surface area (TPSA) is 50.4 Å². The van der Waals surface area contributed by atoms with Crippen LogP contribution in [0.5, 0.6) is 5.75 Å². The van der Waals surface area contributed by atoms with Crippen LogP contribution in [-0.4, -0.2) is 26.1 Å². The number of hydrogen-bond donors (Lipinski definition) is 2. The molecule has 1 fully saturated rings.